The molecule has 3 N–H and O–H groups in total. The summed E-state index contributed by atoms with van der Waals surface area (Å²) in [6.45, 7) is 12.7. The lowest BCUT2D eigenvalue weighted by atomic mass is 9.85. The predicted molar refractivity (Wildman–Crippen MR) is 188 cm³/mol. The van der Waals surface area contributed by atoms with E-state index in [1.54, 1.807) is 9.62 Å². The first-order valence-corrected chi connectivity index (χ1v) is 17.4. The van der Waals surface area contributed by atoms with Crippen molar-refractivity contribution in [2.75, 3.05) is 11.9 Å². The lowest BCUT2D eigenvalue weighted by Crippen LogP contribution is -2.54. The zero-order valence-electron chi connectivity index (χ0n) is 26.6. The fraction of sp³-hybridized carbons (Fsp3) is 0.455. The third-order valence-corrected chi connectivity index (χ3v) is 9.76. The molecule has 0 unspecified atom stereocenters. The highest BCUT2D eigenvalue weighted by molar-refractivity contribution is 7.90. The molecule has 0 radical (unpaired) electrons. The van der Waals surface area contributed by atoms with Crippen molar-refractivity contribution in [3.05, 3.63) is 47.8 Å². The second kappa shape index (κ2) is 19.0. The third-order valence-electron chi connectivity index (χ3n) is 6.96. The molecule has 5 rings (SSSR count). The Hall–Kier alpha value is -3.84. The van der Waals surface area contributed by atoms with Gasteiger partial charge in [-0.25, -0.2) is 13.4 Å². The van der Waals surface area contributed by atoms with Gasteiger partial charge in [0.25, 0.3) is 0 Å². The SMILES string of the molecule is C#C.C#C.C=C.CC(C)(C)[C@H](Nc1nc(-c2ccc(Cl)cc2)cs1)C(=O)N1CCC[C@H]1C(=O)NC1CC1.O=CNS(=O)(=O)C1CC1. The lowest BCUT2D eigenvalue weighted by molar-refractivity contribution is -0.140. The van der Waals surface area contributed by atoms with Crippen LogP contribution in [0.15, 0.2) is 42.8 Å². The molecule has 3 fully saturated rings. The zero-order chi connectivity index (χ0) is 35.1. The summed E-state index contributed by atoms with van der Waals surface area (Å²) in [7, 11) is -3.26. The van der Waals surface area contributed by atoms with Crippen LogP contribution in [0.5, 0.6) is 0 Å². The maximum absolute atomic E-state index is 13.6. The summed E-state index contributed by atoms with van der Waals surface area (Å²) < 4.78 is 23.1. The number of carbonyl (C=O) groups excluding carboxylic acids is 3. The van der Waals surface area contributed by atoms with E-state index in [9.17, 15) is 22.8 Å². The first-order chi connectivity index (χ1) is 21.9. The number of rotatable bonds is 9. The van der Waals surface area contributed by atoms with Crippen LogP contribution >= 0.6 is 22.9 Å². The molecule has 3 aliphatic rings. The normalized spacial score (nSPS) is 17.3. The van der Waals surface area contributed by atoms with Crippen LogP contribution in [0.1, 0.15) is 59.3 Å². The number of likely N-dealkylation sites (tertiary alicyclic amines) is 1. The van der Waals surface area contributed by atoms with Crippen LogP contribution < -0.4 is 15.4 Å². The Morgan fingerprint density at radius 2 is 1.65 bits per heavy atom. The average Bonchev–Trinajstić information content (AvgIpc) is 3.97. The number of amides is 3. The van der Waals surface area contributed by atoms with Crippen LogP contribution in [0.3, 0.4) is 0 Å². The standard InChI is InChI=1S/C23H29ClN4O2S.C4H7NO3S.C2H4.2C2H2/c1-23(2,3)19(21(30)28-12-4-5-18(28)20(29)25-16-10-11-16)27-22-26-17(13-31-22)14-6-8-15(24)9-7-14;6-3-5-9(7,8)4-1-2-4;3*1-2/h6-9,13,16,18-19H,4-5,10-12H2,1-3H3,(H,25,29)(H,26,27);3-4H,1-2H2,(H,5,6);1-2H2;2*1-2H/t18-,19+;;;;/m0..../s1. The van der Waals surface area contributed by atoms with E-state index in [-0.39, 0.29) is 34.9 Å². The maximum Gasteiger partial charge on any atom is 0.246 e. The Labute approximate surface area is 282 Å². The van der Waals surface area contributed by atoms with Crippen molar-refractivity contribution >= 4 is 56.3 Å². The van der Waals surface area contributed by atoms with E-state index in [4.69, 9.17) is 11.6 Å². The van der Waals surface area contributed by atoms with Gasteiger partial charge in [-0.15, -0.1) is 50.2 Å². The van der Waals surface area contributed by atoms with E-state index in [0.29, 0.717) is 35.6 Å². The topological polar surface area (TPSA) is 138 Å². The molecule has 3 amide bonds. The predicted octanol–water partition coefficient (Wildman–Crippen LogP) is 5.09. The van der Waals surface area contributed by atoms with E-state index in [1.165, 1.54) is 11.3 Å². The van der Waals surface area contributed by atoms with E-state index >= 15 is 0 Å². The number of terminal acetylenes is 2. The van der Waals surface area contributed by atoms with Crippen molar-refractivity contribution in [1.82, 2.24) is 19.9 Å². The van der Waals surface area contributed by atoms with Gasteiger partial charge in [0.15, 0.2) is 5.13 Å². The van der Waals surface area contributed by atoms with Gasteiger partial charge >= 0.3 is 0 Å². The van der Waals surface area contributed by atoms with Crippen LogP contribution in [0.4, 0.5) is 5.13 Å². The highest BCUT2D eigenvalue weighted by Crippen LogP contribution is 2.32. The van der Waals surface area contributed by atoms with Gasteiger partial charge in [-0.3, -0.25) is 19.1 Å². The van der Waals surface area contributed by atoms with Gasteiger partial charge in [0.2, 0.25) is 28.2 Å². The first kappa shape index (κ1) is 40.2. The largest absolute Gasteiger partial charge is 0.352 e. The van der Waals surface area contributed by atoms with Crippen LogP contribution in [-0.2, 0) is 24.4 Å². The molecule has 2 aliphatic carbocycles. The molecule has 1 aliphatic heterocycles. The monoisotopic (exact) mass is 689 g/mol. The van der Waals surface area contributed by atoms with Gasteiger partial charge in [-0.1, -0.05) is 44.5 Å². The molecule has 46 heavy (non-hydrogen) atoms. The van der Waals surface area contributed by atoms with Gasteiger partial charge in [0.1, 0.15) is 12.1 Å². The van der Waals surface area contributed by atoms with Crippen molar-refractivity contribution in [2.24, 2.45) is 5.41 Å². The number of nitrogens with zero attached hydrogens (tertiary/aromatic N) is 2. The molecule has 1 aromatic carbocycles. The number of anilines is 1. The van der Waals surface area contributed by atoms with E-state index in [0.717, 1.165) is 36.9 Å². The minimum absolute atomic E-state index is 0.0136. The number of thiazole rings is 1. The fourth-order valence-corrected chi connectivity index (χ4v) is 6.36. The molecular formula is C33H44ClN5O5S2. The molecule has 2 heterocycles. The van der Waals surface area contributed by atoms with Gasteiger partial charge in [-0.2, -0.15) is 0 Å². The molecule has 0 spiro atoms. The summed E-state index contributed by atoms with van der Waals surface area (Å²) in [4.78, 5) is 42.4. The second-order valence-corrected chi connectivity index (χ2v) is 14.7. The Balaban J connectivity index is 0.000000593. The minimum atomic E-state index is -3.26. The smallest absolute Gasteiger partial charge is 0.246 e. The summed E-state index contributed by atoms with van der Waals surface area (Å²) in [5.41, 5.74) is 1.47. The third kappa shape index (κ3) is 12.2. The zero-order valence-corrected chi connectivity index (χ0v) is 29.0. The van der Waals surface area contributed by atoms with Crippen LogP contribution in [-0.4, -0.2) is 66.4 Å². The van der Waals surface area contributed by atoms with E-state index in [2.05, 4.69) is 54.5 Å². The number of carbonyl (C=O) groups is 3. The number of aromatic nitrogens is 1. The molecule has 13 heteroatoms. The minimum Gasteiger partial charge on any atom is -0.352 e. The fourth-order valence-electron chi connectivity index (χ4n) is 4.40. The molecule has 1 aromatic heterocycles. The molecule has 2 saturated carbocycles. The number of halogens is 1. The molecule has 1 saturated heterocycles. The van der Waals surface area contributed by atoms with Gasteiger partial charge < -0.3 is 15.5 Å². The first-order valence-electron chi connectivity index (χ1n) is 14.6. The van der Waals surface area contributed by atoms with Gasteiger partial charge in [-0.05, 0) is 56.1 Å². The number of benzene rings is 1. The molecular weight excluding hydrogens is 646 g/mol. The summed E-state index contributed by atoms with van der Waals surface area (Å²) in [6, 6.07) is 6.98. The average molecular weight is 690 g/mol. The van der Waals surface area contributed by atoms with Crippen molar-refractivity contribution < 1.29 is 22.8 Å². The van der Waals surface area contributed by atoms with Crippen molar-refractivity contribution in [3.8, 4) is 37.0 Å². The van der Waals surface area contributed by atoms with Crippen LogP contribution in [0.2, 0.25) is 5.02 Å². The summed E-state index contributed by atoms with van der Waals surface area (Å²) in [5, 5.41) is 9.47. The Kier molecular flexibility index (Phi) is 16.6. The number of hydrogen-bond donors (Lipinski definition) is 3. The van der Waals surface area contributed by atoms with Gasteiger partial charge in [0, 0.05) is 28.6 Å². The molecule has 10 nitrogen and oxygen atoms in total. The van der Waals surface area contributed by atoms with Crippen molar-refractivity contribution in [2.45, 2.75) is 82.7 Å². The summed E-state index contributed by atoms with van der Waals surface area (Å²) in [5.74, 6) is -0.0514. The Morgan fingerprint density at radius 3 is 2.15 bits per heavy atom. The Morgan fingerprint density at radius 1 is 1.07 bits per heavy atom. The number of hydrogen-bond acceptors (Lipinski definition) is 8. The molecule has 250 valence electrons. The summed E-state index contributed by atoms with van der Waals surface area (Å²) >= 11 is 7.46. The van der Waals surface area contributed by atoms with Crippen molar-refractivity contribution in [3.63, 3.8) is 0 Å². The van der Waals surface area contributed by atoms with E-state index in [1.807, 2.05) is 50.4 Å². The van der Waals surface area contributed by atoms with Crippen LogP contribution in [0, 0.1) is 31.1 Å². The highest BCUT2D eigenvalue weighted by Gasteiger charge is 2.42. The number of nitrogens with one attached hydrogen (secondary N) is 3. The maximum atomic E-state index is 13.6. The number of sulfonamides is 1. The highest BCUT2D eigenvalue weighted by atomic mass is 35.5. The van der Waals surface area contributed by atoms with Crippen molar-refractivity contribution in [1.29, 1.82) is 0 Å². The van der Waals surface area contributed by atoms with Gasteiger partial charge in [0.05, 0.1) is 10.9 Å². The molecule has 0 bridgehead atoms. The molecule has 2 atom stereocenters. The van der Waals surface area contributed by atoms with E-state index < -0.39 is 16.1 Å². The summed E-state index contributed by atoms with van der Waals surface area (Å²) in [6.07, 6.45) is 21.2. The second-order valence-electron chi connectivity index (χ2n) is 11.4. The quantitative estimate of drug-likeness (QED) is 0.190. The Bertz CT molecular complexity index is 1420. The van der Waals surface area contributed by atoms with Crippen LogP contribution in [0.25, 0.3) is 11.3 Å². The molecule has 2 aromatic rings. The lowest BCUT2D eigenvalue weighted by Gasteiger charge is -2.35.